The molecule has 2 saturated heterocycles. The van der Waals surface area contributed by atoms with Crippen LogP contribution in [0.15, 0.2) is 6.07 Å². The summed E-state index contributed by atoms with van der Waals surface area (Å²) < 4.78 is 0. The van der Waals surface area contributed by atoms with Crippen LogP contribution in [0.5, 0.6) is 0 Å². The van der Waals surface area contributed by atoms with Gasteiger partial charge < -0.3 is 10.2 Å². The predicted molar refractivity (Wildman–Crippen MR) is 77.7 cm³/mol. The predicted octanol–water partition coefficient (Wildman–Crippen LogP) is 1.50. The van der Waals surface area contributed by atoms with Crippen LogP contribution in [0.25, 0.3) is 0 Å². The molecule has 0 spiro atoms. The van der Waals surface area contributed by atoms with Crippen LogP contribution < -0.4 is 10.2 Å². The summed E-state index contributed by atoms with van der Waals surface area (Å²) >= 11 is 0. The summed E-state index contributed by atoms with van der Waals surface area (Å²) in [4.78, 5) is 14.1. The minimum Gasteiger partial charge on any atom is -0.373 e. The molecule has 1 atom stereocenters. The lowest BCUT2D eigenvalue weighted by Crippen LogP contribution is -2.37. The first-order chi connectivity index (χ1) is 9.26. The molecule has 0 aliphatic carbocycles. The van der Waals surface area contributed by atoms with E-state index >= 15 is 0 Å². The Balaban J connectivity index is 1.82. The fourth-order valence-electron chi connectivity index (χ4n) is 3.26. The maximum Gasteiger partial charge on any atom is 0.134 e. The Labute approximate surface area is 115 Å². The summed E-state index contributed by atoms with van der Waals surface area (Å²) in [5.74, 6) is 2.83. The molecule has 3 heterocycles. The Morgan fingerprint density at radius 1 is 1.21 bits per heavy atom. The number of nitrogens with zero attached hydrogens (tertiary/aromatic N) is 4. The molecule has 2 aliphatic rings. The standard InChI is InChI=1S/C14H23N5/c1-11-16-13(15-2)9-14(17-11)19-8-4-7-18-6-3-5-12(18)10-19/h9,12H,3-8,10H2,1-2H3,(H,15,16,17). The molecule has 1 N–H and O–H groups in total. The molecule has 0 bridgehead atoms. The van der Waals surface area contributed by atoms with Crippen molar-refractivity contribution in [3.8, 4) is 0 Å². The largest absolute Gasteiger partial charge is 0.373 e. The van der Waals surface area contributed by atoms with Gasteiger partial charge in [0.1, 0.15) is 17.5 Å². The van der Waals surface area contributed by atoms with Crippen LogP contribution in [0, 0.1) is 6.92 Å². The lowest BCUT2D eigenvalue weighted by atomic mass is 10.2. The highest BCUT2D eigenvalue weighted by Gasteiger charge is 2.29. The smallest absolute Gasteiger partial charge is 0.134 e. The Morgan fingerprint density at radius 3 is 2.89 bits per heavy atom. The zero-order chi connectivity index (χ0) is 13.2. The van der Waals surface area contributed by atoms with Gasteiger partial charge in [-0.3, -0.25) is 4.90 Å². The van der Waals surface area contributed by atoms with E-state index in [2.05, 4.69) is 31.2 Å². The van der Waals surface area contributed by atoms with Crippen molar-refractivity contribution in [2.75, 3.05) is 43.4 Å². The number of hydrogen-bond acceptors (Lipinski definition) is 5. The van der Waals surface area contributed by atoms with E-state index in [1.54, 1.807) is 0 Å². The third kappa shape index (κ3) is 2.66. The van der Waals surface area contributed by atoms with Crippen molar-refractivity contribution in [1.82, 2.24) is 14.9 Å². The van der Waals surface area contributed by atoms with Gasteiger partial charge in [-0.2, -0.15) is 0 Å². The van der Waals surface area contributed by atoms with Gasteiger partial charge in [-0.05, 0) is 32.7 Å². The van der Waals surface area contributed by atoms with Gasteiger partial charge in [0.25, 0.3) is 0 Å². The Hall–Kier alpha value is -1.36. The quantitative estimate of drug-likeness (QED) is 0.874. The second-order valence-electron chi connectivity index (χ2n) is 5.54. The van der Waals surface area contributed by atoms with Crippen molar-refractivity contribution in [1.29, 1.82) is 0 Å². The van der Waals surface area contributed by atoms with E-state index in [9.17, 15) is 0 Å². The number of nitrogens with one attached hydrogen (secondary N) is 1. The number of aryl methyl sites for hydroxylation is 1. The Kier molecular flexibility index (Phi) is 3.55. The maximum atomic E-state index is 4.62. The molecule has 1 unspecified atom stereocenters. The van der Waals surface area contributed by atoms with Crippen molar-refractivity contribution in [2.24, 2.45) is 0 Å². The van der Waals surface area contributed by atoms with E-state index in [1.807, 2.05) is 14.0 Å². The number of fused-ring (bicyclic) bond motifs is 1. The van der Waals surface area contributed by atoms with Crippen LogP contribution in [0.2, 0.25) is 0 Å². The second-order valence-corrected chi connectivity index (χ2v) is 5.54. The first kappa shape index (κ1) is 12.7. The fourth-order valence-corrected chi connectivity index (χ4v) is 3.26. The van der Waals surface area contributed by atoms with Gasteiger partial charge in [-0.1, -0.05) is 0 Å². The van der Waals surface area contributed by atoms with Crippen molar-refractivity contribution in [3.63, 3.8) is 0 Å². The molecular weight excluding hydrogens is 238 g/mol. The molecule has 0 amide bonds. The van der Waals surface area contributed by atoms with Crippen molar-refractivity contribution in [2.45, 2.75) is 32.2 Å². The average Bonchev–Trinajstić information content (AvgIpc) is 2.75. The first-order valence-corrected chi connectivity index (χ1v) is 7.28. The van der Waals surface area contributed by atoms with Gasteiger partial charge in [0.2, 0.25) is 0 Å². The van der Waals surface area contributed by atoms with Crippen LogP contribution >= 0.6 is 0 Å². The maximum absolute atomic E-state index is 4.62. The van der Waals surface area contributed by atoms with Crippen LogP contribution in [0.3, 0.4) is 0 Å². The highest BCUT2D eigenvalue weighted by molar-refractivity contribution is 5.49. The summed E-state index contributed by atoms with van der Waals surface area (Å²) in [7, 11) is 1.91. The molecule has 5 heteroatoms. The molecule has 1 aromatic heterocycles. The average molecular weight is 261 g/mol. The summed E-state index contributed by atoms with van der Waals surface area (Å²) in [6.07, 6.45) is 3.91. The molecule has 19 heavy (non-hydrogen) atoms. The molecule has 5 nitrogen and oxygen atoms in total. The summed E-state index contributed by atoms with van der Waals surface area (Å²) in [6.45, 7) is 6.70. The lowest BCUT2D eigenvalue weighted by Gasteiger charge is -2.26. The van der Waals surface area contributed by atoms with Crippen molar-refractivity contribution >= 4 is 11.6 Å². The van der Waals surface area contributed by atoms with E-state index in [0.29, 0.717) is 0 Å². The molecule has 3 rings (SSSR count). The Morgan fingerprint density at radius 2 is 2.05 bits per heavy atom. The molecule has 2 fully saturated rings. The van der Waals surface area contributed by atoms with Crippen LogP contribution in [0.1, 0.15) is 25.1 Å². The minimum atomic E-state index is 0.718. The summed E-state index contributed by atoms with van der Waals surface area (Å²) in [5, 5.41) is 3.12. The number of anilines is 2. The van der Waals surface area contributed by atoms with E-state index in [1.165, 1.54) is 32.4 Å². The fraction of sp³-hybridized carbons (Fsp3) is 0.714. The third-order valence-corrected chi connectivity index (χ3v) is 4.21. The molecule has 1 aromatic rings. The van der Waals surface area contributed by atoms with Gasteiger partial charge in [-0.25, -0.2) is 9.97 Å². The summed E-state index contributed by atoms with van der Waals surface area (Å²) in [5.41, 5.74) is 0. The molecule has 0 radical (unpaired) electrons. The number of hydrogen-bond donors (Lipinski definition) is 1. The van der Waals surface area contributed by atoms with Crippen LogP contribution in [-0.4, -0.2) is 54.1 Å². The van der Waals surface area contributed by atoms with E-state index < -0.39 is 0 Å². The normalized spacial score (nSPS) is 24.1. The van der Waals surface area contributed by atoms with Gasteiger partial charge in [-0.15, -0.1) is 0 Å². The zero-order valence-corrected chi connectivity index (χ0v) is 11.9. The molecule has 2 aliphatic heterocycles. The van der Waals surface area contributed by atoms with E-state index in [4.69, 9.17) is 0 Å². The van der Waals surface area contributed by atoms with Gasteiger partial charge >= 0.3 is 0 Å². The monoisotopic (exact) mass is 261 g/mol. The highest BCUT2D eigenvalue weighted by Crippen LogP contribution is 2.25. The van der Waals surface area contributed by atoms with Crippen molar-refractivity contribution in [3.05, 3.63) is 11.9 Å². The molecular formula is C14H23N5. The van der Waals surface area contributed by atoms with Crippen LogP contribution in [0.4, 0.5) is 11.6 Å². The molecule has 0 saturated carbocycles. The zero-order valence-electron chi connectivity index (χ0n) is 11.9. The number of rotatable bonds is 2. The second kappa shape index (κ2) is 5.33. The van der Waals surface area contributed by atoms with E-state index in [0.717, 1.165) is 36.6 Å². The van der Waals surface area contributed by atoms with Crippen molar-refractivity contribution < 1.29 is 0 Å². The lowest BCUT2D eigenvalue weighted by molar-refractivity contribution is 0.273. The topological polar surface area (TPSA) is 44.3 Å². The highest BCUT2D eigenvalue weighted by atomic mass is 15.3. The van der Waals surface area contributed by atoms with Crippen LogP contribution in [-0.2, 0) is 0 Å². The summed E-state index contributed by atoms with van der Waals surface area (Å²) in [6, 6.07) is 2.79. The number of aromatic nitrogens is 2. The molecule has 0 aromatic carbocycles. The van der Waals surface area contributed by atoms with E-state index in [-0.39, 0.29) is 0 Å². The minimum absolute atomic E-state index is 0.718. The third-order valence-electron chi connectivity index (χ3n) is 4.21. The van der Waals surface area contributed by atoms with Gasteiger partial charge in [0.05, 0.1) is 0 Å². The van der Waals surface area contributed by atoms with Gasteiger partial charge in [0.15, 0.2) is 0 Å². The Bertz CT molecular complexity index is 447. The SMILES string of the molecule is CNc1cc(N2CCCN3CCCC3C2)nc(C)n1. The molecule has 104 valence electrons. The van der Waals surface area contributed by atoms with Gasteiger partial charge in [0, 0.05) is 38.8 Å². The first-order valence-electron chi connectivity index (χ1n) is 7.28.